The van der Waals surface area contributed by atoms with E-state index in [1.54, 1.807) is 13.8 Å². The molecule has 2 aliphatic carbocycles. The average molecular weight is 459 g/mol. The normalized spacial score (nSPS) is 23.4. The molecule has 3 amide bonds. The lowest BCUT2D eigenvalue weighted by Gasteiger charge is -2.43. The van der Waals surface area contributed by atoms with E-state index in [0.29, 0.717) is 6.54 Å². The maximum Gasteiger partial charge on any atom is 0.325 e. The van der Waals surface area contributed by atoms with Crippen molar-refractivity contribution in [3.05, 3.63) is 69.8 Å². The van der Waals surface area contributed by atoms with E-state index in [4.69, 9.17) is 0 Å². The molecule has 0 radical (unpaired) electrons. The van der Waals surface area contributed by atoms with E-state index in [9.17, 15) is 9.59 Å². The van der Waals surface area contributed by atoms with Crippen LogP contribution < -0.4 is 5.32 Å². The number of carbonyl (C=O) groups excluding carboxylic acids is 2. The molecule has 0 atom stereocenters. The van der Waals surface area contributed by atoms with Crippen molar-refractivity contribution < 1.29 is 9.59 Å². The number of benzene rings is 2. The molecule has 5 rings (SSSR count). The Balaban J connectivity index is 1.46. The van der Waals surface area contributed by atoms with Crippen LogP contribution in [0.25, 0.3) is 0 Å². The lowest BCUT2D eigenvalue weighted by atomic mass is 9.62. The second kappa shape index (κ2) is 7.19. The Bertz CT molecular complexity index is 1180. The fourth-order valence-electron chi connectivity index (χ4n) is 6.15. The lowest BCUT2D eigenvalue weighted by Crippen LogP contribution is -2.40. The van der Waals surface area contributed by atoms with Gasteiger partial charge < -0.3 is 5.32 Å². The molecule has 1 saturated carbocycles. The Labute approximate surface area is 204 Å². The topological polar surface area (TPSA) is 49.4 Å². The van der Waals surface area contributed by atoms with E-state index in [1.807, 2.05) is 0 Å². The number of nitrogens with one attached hydrogen (secondary N) is 1. The van der Waals surface area contributed by atoms with Gasteiger partial charge in [-0.05, 0) is 90.7 Å². The quantitative estimate of drug-likeness (QED) is 0.550. The van der Waals surface area contributed by atoms with Crippen molar-refractivity contribution in [1.82, 2.24) is 10.2 Å². The number of fused-ring (bicyclic) bond motifs is 1. The summed E-state index contributed by atoms with van der Waals surface area (Å²) < 4.78 is 0. The van der Waals surface area contributed by atoms with Gasteiger partial charge in [-0.15, -0.1) is 0 Å². The van der Waals surface area contributed by atoms with E-state index in [2.05, 4.69) is 76.3 Å². The molecule has 0 spiro atoms. The van der Waals surface area contributed by atoms with Crippen LogP contribution in [0.4, 0.5) is 4.79 Å². The van der Waals surface area contributed by atoms with Gasteiger partial charge in [-0.2, -0.15) is 0 Å². The van der Waals surface area contributed by atoms with Gasteiger partial charge >= 0.3 is 6.03 Å². The number of rotatable bonds is 4. The number of aryl methyl sites for hydroxylation is 1. The molecule has 1 N–H and O–H groups in total. The summed E-state index contributed by atoms with van der Waals surface area (Å²) in [6.45, 7) is 15.6. The van der Waals surface area contributed by atoms with Crippen LogP contribution in [-0.2, 0) is 27.6 Å². The van der Waals surface area contributed by atoms with Crippen LogP contribution in [0.1, 0.15) is 101 Å². The second-order valence-corrected chi connectivity index (χ2v) is 12.7. The number of hydrogen-bond donors (Lipinski definition) is 1. The summed E-state index contributed by atoms with van der Waals surface area (Å²) >= 11 is 0. The van der Waals surface area contributed by atoms with E-state index < -0.39 is 5.54 Å². The first-order valence-electron chi connectivity index (χ1n) is 12.7. The number of carbonyl (C=O) groups is 2. The SMILES string of the molecule is Cc1cc2c(cc1C1(c3ccc(CN4C(=O)NC(C)(C)C4=O)cc3)CC1)C(C)(C)CCC2(C)C. The van der Waals surface area contributed by atoms with Gasteiger partial charge in [-0.1, -0.05) is 64.1 Å². The van der Waals surface area contributed by atoms with Gasteiger partial charge in [0.05, 0.1) is 6.54 Å². The first-order chi connectivity index (χ1) is 15.8. The van der Waals surface area contributed by atoms with Crippen LogP contribution >= 0.6 is 0 Å². The summed E-state index contributed by atoms with van der Waals surface area (Å²) in [5.74, 6) is -0.171. The van der Waals surface area contributed by atoms with E-state index in [0.717, 1.165) is 18.4 Å². The number of imide groups is 1. The van der Waals surface area contributed by atoms with Crippen molar-refractivity contribution in [2.24, 2.45) is 0 Å². The van der Waals surface area contributed by atoms with Crippen molar-refractivity contribution in [2.75, 3.05) is 0 Å². The highest BCUT2D eigenvalue weighted by Crippen LogP contribution is 2.56. The second-order valence-electron chi connectivity index (χ2n) is 12.7. The van der Waals surface area contributed by atoms with Gasteiger partial charge in [0.15, 0.2) is 0 Å². The molecule has 34 heavy (non-hydrogen) atoms. The minimum absolute atomic E-state index is 0.0815. The number of hydrogen-bond acceptors (Lipinski definition) is 2. The summed E-state index contributed by atoms with van der Waals surface area (Å²) in [6.07, 6.45) is 4.78. The summed E-state index contributed by atoms with van der Waals surface area (Å²) in [7, 11) is 0. The molecule has 3 aliphatic rings. The predicted molar refractivity (Wildman–Crippen MR) is 136 cm³/mol. The van der Waals surface area contributed by atoms with E-state index in [1.165, 1.54) is 45.6 Å². The number of amides is 3. The molecule has 0 aromatic heterocycles. The Morgan fingerprint density at radius 1 is 0.794 bits per heavy atom. The molecule has 1 saturated heterocycles. The lowest BCUT2D eigenvalue weighted by molar-refractivity contribution is -0.130. The number of nitrogens with zero attached hydrogens (tertiary/aromatic N) is 1. The van der Waals surface area contributed by atoms with Gasteiger partial charge in [-0.3, -0.25) is 9.69 Å². The molecule has 4 nitrogen and oxygen atoms in total. The predicted octanol–water partition coefficient (Wildman–Crippen LogP) is 6.25. The molecule has 0 unspecified atom stereocenters. The Morgan fingerprint density at radius 2 is 1.35 bits per heavy atom. The molecule has 180 valence electrons. The summed E-state index contributed by atoms with van der Waals surface area (Å²) in [4.78, 5) is 26.2. The molecule has 0 bridgehead atoms. The summed E-state index contributed by atoms with van der Waals surface area (Å²) in [5, 5.41) is 2.76. The highest BCUT2D eigenvalue weighted by molar-refractivity contribution is 6.06. The zero-order valence-electron chi connectivity index (χ0n) is 21.8. The third kappa shape index (κ3) is 3.49. The molecule has 1 heterocycles. The first-order valence-corrected chi connectivity index (χ1v) is 12.7. The maximum absolute atomic E-state index is 12.6. The molecule has 2 fully saturated rings. The fraction of sp³-hybridized carbons (Fsp3) is 0.533. The Morgan fingerprint density at radius 3 is 1.85 bits per heavy atom. The number of urea groups is 1. The standard InChI is InChI=1S/C30H38N2O2/c1-19-16-23-24(28(4,5)13-12-27(23,2)3)17-22(19)30(14-15-30)21-10-8-20(9-11-21)18-32-25(33)29(6,7)31-26(32)34/h8-11,16-17H,12-15,18H2,1-7H3,(H,31,34). The van der Waals surface area contributed by atoms with Crippen molar-refractivity contribution in [1.29, 1.82) is 0 Å². The minimum atomic E-state index is -0.832. The molecular formula is C30H38N2O2. The van der Waals surface area contributed by atoms with Gasteiger partial charge in [0.1, 0.15) is 5.54 Å². The highest BCUT2D eigenvalue weighted by Gasteiger charge is 2.48. The monoisotopic (exact) mass is 458 g/mol. The molecule has 1 aliphatic heterocycles. The average Bonchev–Trinajstić information content (AvgIpc) is 3.53. The van der Waals surface area contributed by atoms with Gasteiger partial charge in [0.2, 0.25) is 0 Å². The van der Waals surface area contributed by atoms with E-state index >= 15 is 0 Å². The van der Waals surface area contributed by atoms with Crippen molar-refractivity contribution in [3.63, 3.8) is 0 Å². The van der Waals surface area contributed by atoms with Gasteiger partial charge in [0, 0.05) is 5.41 Å². The van der Waals surface area contributed by atoms with Crippen LogP contribution in [0.2, 0.25) is 0 Å². The van der Waals surface area contributed by atoms with Gasteiger partial charge in [-0.25, -0.2) is 4.79 Å². The third-order valence-corrected chi connectivity index (χ3v) is 8.75. The van der Waals surface area contributed by atoms with Crippen molar-refractivity contribution in [3.8, 4) is 0 Å². The zero-order chi connectivity index (χ0) is 24.7. The third-order valence-electron chi connectivity index (χ3n) is 8.75. The van der Waals surface area contributed by atoms with Crippen molar-refractivity contribution in [2.45, 2.75) is 102 Å². The molecule has 2 aromatic carbocycles. The first kappa shape index (κ1) is 23.1. The van der Waals surface area contributed by atoms with Crippen LogP contribution in [0.5, 0.6) is 0 Å². The fourth-order valence-corrected chi connectivity index (χ4v) is 6.15. The van der Waals surface area contributed by atoms with Crippen LogP contribution in [0, 0.1) is 6.92 Å². The summed E-state index contributed by atoms with van der Waals surface area (Å²) in [6, 6.07) is 13.3. The van der Waals surface area contributed by atoms with Crippen LogP contribution in [0.3, 0.4) is 0 Å². The smallest absolute Gasteiger partial charge is 0.324 e. The highest BCUT2D eigenvalue weighted by atomic mass is 16.2. The molecule has 2 aromatic rings. The zero-order valence-corrected chi connectivity index (χ0v) is 21.8. The Kier molecular flexibility index (Phi) is 4.89. The van der Waals surface area contributed by atoms with Crippen LogP contribution in [-0.4, -0.2) is 22.4 Å². The molecule has 4 heteroatoms. The maximum atomic E-state index is 12.6. The van der Waals surface area contributed by atoms with Gasteiger partial charge in [0.25, 0.3) is 5.91 Å². The van der Waals surface area contributed by atoms with Crippen molar-refractivity contribution >= 4 is 11.9 Å². The van der Waals surface area contributed by atoms with Crippen LogP contribution in [0.15, 0.2) is 36.4 Å². The largest absolute Gasteiger partial charge is 0.325 e. The minimum Gasteiger partial charge on any atom is -0.324 e. The summed E-state index contributed by atoms with van der Waals surface area (Å²) in [5.41, 5.74) is 7.90. The Hall–Kier alpha value is -2.62. The molecular weight excluding hydrogens is 420 g/mol. The van der Waals surface area contributed by atoms with E-state index in [-0.39, 0.29) is 28.2 Å².